The highest BCUT2D eigenvalue weighted by atomic mass is 19.3. The second-order valence-corrected chi connectivity index (χ2v) is 6.72. The Bertz CT molecular complexity index is 512. The Hall–Kier alpha value is -1.69. The summed E-state index contributed by atoms with van der Waals surface area (Å²) in [5.41, 5.74) is 0.442. The highest BCUT2D eigenvalue weighted by Gasteiger charge is 2.21. The molecule has 1 saturated heterocycles. The summed E-state index contributed by atoms with van der Waals surface area (Å²) in [6.45, 7) is 5.56. The van der Waals surface area contributed by atoms with Gasteiger partial charge in [0.15, 0.2) is 0 Å². The Morgan fingerprint density at radius 2 is 1.88 bits per heavy atom. The van der Waals surface area contributed by atoms with Crippen molar-refractivity contribution in [2.75, 3.05) is 26.2 Å². The van der Waals surface area contributed by atoms with Crippen LogP contribution < -0.4 is 10.1 Å². The lowest BCUT2D eigenvalue weighted by Crippen LogP contribution is -2.40. The van der Waals surface area contributed by atoms with Gasteiger partial charge >= 0.3 is 6.61 Å². The Labute approximate surface area is 142 Å². The fraction of sp³-hybridized carbons (Fsp3) is 0.611. The third-order valence-electron chi connectivity index (χ3n) is 4.22. The van der Waals surface area contributed by atoms with Gasteiger partial charge in [0.1, 0.15) is 5.75 Å². The molecule has 1 heterocycles. The van der Waals surface area contributed by atoms with Gasteiger partial charge in [0.2, 0.25) is 0 Å². The molecule has 24 heavy (non-hydrogen) atoms. The van der Waals surface area contributed by atoms with E-state index in [9.17, 15) is 13.6 Å². The van der Waals surface area contributed by atoms with E-state index in [2.05, 4.69) is 28.8 Å². The van der Waals surface area contributed by atoms with Crippen molar-refractivity contribution < 1.29 is 18.3 Å². The van der Waals surface area contributed by atoms with E-state index in [-0.39, 0.29) is 11.7 Å². The lowest BCUT2D eigenvalue weighted by Gasteiger charge is -2.34. The molecular formula is C18H26F2N2O2. The van der Waals surface area contributed by atoms with Crippen molar-refractivity contribution in [1.29, 1.82) is 0 Å². The van der Waals surface area contributed by atoms with E-state index in [1.165, 1.54) is 30.7 Å². The van der Waals surface area contributed by atoms with E-state index in [0.717, 1.165) is 37.9 Å². The lowest BCUT2D eigenvalue weighted by atomic mass is 9.92. The molecule has 1 N–H and O–H groups in total. The fourth-order valence-corrected chi connectivity index (χ4v) is 3.37. The number of piperidine rings is 1. The van der Waals surface area contributed by atoms with Gasteiger partial charge in [0.05, 0.1) is 0 Å². The van der Waals surface area contributed by atoms with Crippen LogP contribution in [0.15, 0.2) is 24.3 Å². The minimum atomic E-state index is -2.86. The number of hydrogen-bond donors (Lipinski definition) is 1. The van der Waals surface area contributed by atoms with Gasteiger partial charge in [-0.15, -0.1) is 0 Å². The number of rotatable bonds is 7. The van der Waals surface area contributed by atoms with E-state index in [0.29, 0.717) is 12.1 Å². The Kier molecular flexibility index (Phi) is 6.97. The number of halogens is 2. The number of carbonyl (C=O) groups excluding carboxylic acids is 1. The Balaban J connectivity index is 1.69. The molecule has 134 valence electrons. The molecule has 0 unspecified atom stereocenters. The summed E-state index contributed by atoms with van der Waals surface area (Å²) in [5.74, 6) is 1.32. The molecule has 0 aromatic heterocycles. The molecule has 1 aliphatic heterocycles. The number of likely N-dealkylation sites (tertiary alicyclic amines) is 1. The number of benzene rings is 1. The largest absolute Gasteiger partial charge is 0.435 e. The van der Waals surface area contributed by atoms with Crippen LogP contribution in [0.25, 0.3) is 0 Å². The normalized spacial score (nSPS) is 21.7. The van der Waals surface area contributed by atoms with Crippen molar-refractivity contribution in [1.82, 2.24) is 10.2 Å². The molecule has 6 heteroatoms. The zero-order chi connectivity index (χ0) is 17.5. The summed E-state index contributed by atoms with van der Waals surface area (Å²) < 4.78 is 28.4. The minimum absolute atomic E-state index is 0.0508. The van der Waals surface area contributed by atoms with Gasteiger partial charge in [-0.2, -0.15) is 8.78 Å². The molecule has 0 saturated carbocycles. The Morgan fingerprint density at radius 3 is 2.46 bits per heavy atom. The number of hydrogen-bond acceptors (Lipinski definition) is 3. The van der Waals surface area contributed by atoms with Crippen molar-refractivity contribution in [2.24, 2.45) is 11.8 Å². The molecule has 4 nitrogen and oxygen atoms in total. The molecule has 0 spiro atoms. The van der Waals surface area contributed by atoms with Gasteiger partial charge < -0.3 is 15.0 Å². The summed E-state index contributed by atoms with van der Waals surface area (Å²) in [4.78, 5) is 14.5. The maximum absolute atomic E-state index is 12.1. The quantitative estimate of drug-likeness (QED) is 0.774. The molecule has 2 atom stereocenters. The zero-order valence-electron chi connectivity index (χ0n) is 14.3. The first kappa shape index (κ1) is 18.6. The molecule has 1 aromatic carbocycles. The number of ether oxygens (including phenoxy) is 1. The third kappa shape index (κ3) is 6.07. The third-order valence-corrected chi connectivity index (χ3v) is 4.22. The van der Waals surface area contributed by atoms with Crippen LogP contribution in [0.5, 0.6) is 5.75 Å². The SMILES string of the molecule is C[C@H]1C[C@H](C)CN(CCCNC(=O)c2ccc(OC(F)F)cc2)C1. The van der Waals surface area contributed by atoms with E-state index >= 15 is 0 Å². The van der Waals surface area contributed by atoms with Crippen LogP contribution in [0, 0.1) is 11.8 Å². The Morgan fingerprint density at radius 1 is 1.25 bits per heavy atom. The van der Waals surface area contributed by atoms with Crippen LogP contribution in [-0.2, 0) is 0 Å². The van der Waals surface area contributed by atoms with Gasteiger partial charge in [-0.3, -0.25) is 4.79 Å². The van der Waals surface area contributed by atoms with Crippen LogP contribution in [0.4, 0.5) is 8.78 Å². The molecule has 0 aliphatic carbocycles. The summed E-state index contributed by atoms with van der Waals surface area (Å²) in [6.07, 6.45) is 2.19. The first-order valence-corrected chi connectivity index (χ1v) is 8.49. The predicted octanol–water partition coefficient (Wildman–Crippen LogP) is 3.39. The van der Waals surface area contributed by atoms with Crippen LogP contribution in [0.2, 0.25) is 0 Å². The second-order valence-electron chi connectivity index (χ2n) is 6.72. The summed E-state index contributed by atoms with van der Waals surface area (Å²) in [7, 11) is 0. The van der Waals surface area contributed by atoms with Gasteiger partial charge in [0, 0.05) is 25.2 Å². The number of alkyl halides is 2. The molecule has 1 aliphatic rings. The summed E-state index contributed by atoms with van der Waals surface area (Å²) in [6, 6.07) is 5.72. The van der Waals surface area contributed by atoms with E-state index < -0.39 is 6.61 Å². The van der Waals surface area contributed by atoms with Crippen molar-refractivity contribution in [3.63, 3.8) is 0 Å². The average Bonchev–Trinajstić information content (AvgIpc) is 2.50. The van der Waals surface area contributed by atoms with Crippen LogP contribution >= 0.6 is 0 Å². The molecule has 0 radical (unpaired) electrons. The number of nitrogens with one attached hydrogen (secondary N) is 1. The molecule has 1 fully saturated rings. The zero-order valence-corrected chi connectivity index (χ0v) is 14.3. The molecule has 1 aromatic rings. The monoisotopic (exact) mass is 340 g/mol. The van der Waals surface area contributed by atoms with Crippen molar-refractivity contribution in [3.05, 3.63) is 29.8 Å². The van der Waals surface area contributed by atoms with Crippen LogP contribution in [0.3, 0.4) is 0 Å². The van der Waals surface area contributed by atoms with E-state index in [1.807, 2.05) is 0 Å². The van der Waals surface area contributed by atoms with E-state index in [1.54, 1.807) is 0 Å². The fourth-order valence-electron chi connectivity index (χ4n) is 3.37. The first-order chi connectivity index (χ1) is 11.4. The average molecular weight is 340 g/mol. The van der Waals surface area contributed by atoms with Gasteiger partial charge in [-0.25, -0.2) is 0 Å². The molecule has 2 rings (SSSR count). The first-order valence-electron chi connectivity index (χ1n) is 8.49. The summed E-state index contributed by atoms with van der Waals surface area (Å²) in [5, 5.41) is 2.87. The highest BCUT2D eigenvalue weighted by molar-refractivity contribution is 5.94. The topological polar surface area (TPSA) is 41.6 Å². The standard InChI is InChI=1S/C18H26F2N2O2/c1-13-10-14(2)12-22(11-13)9-3-8-21-17(23)15-4-6-16(7-5-15)24-18(19)20/h4-7,13-14,18H,3,8-12H2,1-2H3,(H,21,23)/t13-,14-/m0/s1. The van der Waals surface area contributed by atoms with Gasteiger partial charge in [-0.05, 0) is 55.5 Å². The maximum atomic E-state index is 12.1. The predicted molar refractivity (Wildman–Crippen MR) is 89.4 cm³/mol. The van der Waals surface area contributed by atoms with Crippen molar-refractivity contribution >= 4 is 5.91 Å². The number of nitrogens with zero attached hydrogens (tertiary/aromatic N) is 1. The maximum Gasteiger partial charge on any atom is 0.387 e. The van der Waals surface area contributed by atoms with Crippen LogP contribution in [-0.4, -0.2) is 43.6 Å². The summed E-state index contributed by atoms with van der Waals surface area (Å²) >= 11 is 0. The van der Waals surface area contributed by atoms with Crippen molar-refractivity contribution in [3.8, 4) is 5.75 Å². The van der Waals surface area contributed by atoms with E-state index in [4.69, 9.17) is 0 Å². The van der Waals surface area contributed by atoms with Crippen molar-refractivity contribution in [2.45, 2.75) is 33.3 Å². The smallest absolute Gasteiger partial charge is 0.387 e. The lowest BCUT2D eigenvalue weighted by molar-refractivity contribution is -0.0498. The molecular weight excluding hydrogens is 314 g/mol. The van der Waals surface area contributed by atoms with Gasteiger partial charge in [0.25, 0.3) is 5.91 Å². The second kappa shape index (κ2) is 8.97. The van der Waals surface area contributed by atoms with Gasteiger partial charge in [-0.1, -0.05) is 13.8 Å². The van der Waals surface area contributed by atoms with Crippen LogP contribution in [0.1, 0.15) is 37.0 Å². The molecule has 1 amide bonds. The number of carbonyl (C=O) groups is 1. The number of amides is 1. The highest BCUT2D eigenvalue weighted by Crippen LogP contribution is 2.20. The molecule has 0 bridgehead atoms. The minimum Gasteiger partial charge on any atom is -0.435 e.